The quantitative estimate of drug-likeness (QED) is 0.354. The summed E-state index contributed by atoms with van der Waals surface area (Å²) in [6.45, 7) is 5.09. The van der Waals surface area contributed by atoms with E-state index in [1.807, 2.05) is 13.2 Å². The molecule has 2 aliphatic rings. The molecule has 1 aromatic heterocycles. The monoisotopic (exact) mass is 545 g/mol. The number of likely N-dealkylation sites (tertiary alicyclic amines) is 1. The van der Waals surface area contributed by atoms with Crippen molar-refractivity contribution in [3.05, 3.63) is 47.1 Å². The number of thioether (sulfide) groups is 1. The molecule has 3 heterocycles. The smallest absolute Gasteiger partial charge is 0.220 e. The predicted molar refractivity (Wildman–Crippen MR) is 155 cm³/mol. The minimum Gasteiger partial charge on any atom is -0.385 e. The third-order valence-corrected chi connectivity index (χ3v) is 8.08. The Hall–Kier alpha value is -2.29. The molecule has 0 aliphatic carbocycles. The van der Waals surface area contributed by atoms with E-state index in [0.29, 0.717) is 28.8 Å². The first-order valence-electron chi connectivity index (χ1n) is 13.0. The van der Waals surface area contributed by atoms with E-state index in [9.17, 15) is 9.59 Å². The van der Waals surface area contributed by atoms with Crippen LogP contribution in [0.1, 0.15) is 42.5 Å². The van der Waals surface area contributed by atoms with Gasteiger partial charge in [0.15, 0.2) is 5.82 Å². The fourth-order valence-electron chi connectivity index (χ4n) is 4.77. The number of nitrogens with zero attached hydrogens (tertiary/aromatic N) is 3. The number of aldehydes is 1. The molecule has 9 heteroatoms. The molecule has 0 spiro atoms. The molecule has 202 valence electrons. The Morgan fingerprint density at radius 1 is 1.14 bits per heavy atom. The van der Waals surface area contributed by atoms with Crippen LogP contribution in [0.4, 0.5) is 11.5 Å². The number of hydrogen-bond acceptors (Lipinski definition) is 7. The lowest BCUT2D eigenvalue weighted by atomic mass is 9.92. The number of rotatable bonds is 8. The van der Waals surface area contributed by atoms with Crippen LogP contribution in [0, 0.1) is 11.8 Å². The van der Waals surface area contributed by atoms with Crippen LogP contribution in [0.5, 0.6) is 0 Å². The van der Waals surface area contributed by atoms with Gasteiger partial charge in [-0.2, -0.15) is 0 Å². The summed E-state index contributed by atoms with van der Waals surface area (Å²) < 4.78 is 0. The maximum absolute atomic E-state index is 12.4. The molecule has 7 nitrogen and oxygen atoms in total. The van der Waals surface area contributed by atoms with Gasteiger partial charge in [-0.1, -0.05) is 23.7 Å². The molecule has 0 bridgehead atoms. The molecule has 2 N–H and O–H groups in total. The third-order valence-electron chi connectivity index (χ3n) is 7.15. The third kappa shape index (κ3) is 9.51. The Bertz CT molecular complexity index is 1010. The van der Waals surface area contributed by atoms with Gasteiger partial charge in [0.2, 0.25) is 5.91 Å². The van der Waals surface area contributed by atoms with Crippen molar-refractivity contribution in [3.63, 3.8) is 0 Å². The van der Waals surface area contributed by atoms with E-state index in [1.165, 1.54) is 17.7 Å². The van der Waals surface area contributed by atoms with Crippen LogP contribution in [0.25, 0.3) is 0 Å². The van der Waals surface area contributed by atoms with Crippen LogP contribution < -0.4 is 15.5 Å². The zero-order valence-corrected chi connectivity index (χ0v) is 23.8. The lowest BCUT2D eigenvalue weighted by molar-refractivity contribution is -0.122. The number of carbonyl (C=O) groups is 2. The molecule has 2 aromatic rings. The van der Waals surface area contributed by atoms with Crippen LogP contribution in [0.3, 0.4) is 0 Å². The molecule has 1 aromatic carbocycles. The lowest BCUT2D eigenvalue weighted by Crippen LogP contribution is -2.39. The number of pyridine rings is 1. The summed E-state index contributed by atoms with van der Waals surface area (Å²) in [4.78, 5) is 33.0. The zero-order valence-electron chi connectivity index (χ0n) is 22.2. The second-order valence-electron chi connectivity index (χ2n) is 9.85. The second kappa shape index (κ2) is 15.2. The minimum absolute atomic E-state index is 0.232. The van der Waals surface area contributed by atoms with Crippen molar-refractivity contribution in [2.75, 3.05) is 63.3 Å². The molecule has 0 atom stereocenters. The standard InChI is InChI=1S/C21H35N5OS.C7H5ClO/c1-22-19-13-18(28-3)15-24-21(19)26-10-6-16(7-11-26)12-20(27)23-14-17-4-8-25(2)9-5-17;8-7-3-1-2-6(4-7)5-9/h13,15-17,22H,4-12,14H2,1-3H3,(H,23,27);1-5H. The normalized spacial score (nSPS) is 17.0. The summed E-state index contributed by atoms with van der Waals surface area (Å²) in [5.41, 5.74) is 1.70. The Morgan fingerprint density at radius 2 is 1.84 bits per heavy atom. The van der Waals surface area contributed by atoms with Crippen LogP contribution in [-0.4, -0.2) is 75.2 Å². The molecule has 1 amide bonds. The highest BCUT2D eigenvalue weighted by Crippen LogP contribution is 2.31. The van der Waals surface area contributed by atoms with E-state index >= 15 is 0 Å². The number of nitrogens with one attached hydrogen (secondary N) is 2. The summed E-state index contributed by atoms with van der Waals surface area (Å²) >= 11 is 7.27. The molecular formula is C28H40ClN5O2S. The number of hydrogen-bond donors (Lipinski definition) is 2. The minimum atomic E-state index is 0.232. The molecular weight excluding hydrogens is 506 g/mol. The average Bonchev–Trinajstić information content (AvgIpc) is 2.93. The van der Waals surface area contributed by atoms with Crippen LogP contribution in [-0.2, 0) is 4.79 Å². The number of aromatic nitrogens is 1. The van der Waals surface area contributed by atoms with E-state index in [1.54, 1.807) is 36.0 Å². The van der Waals surface area contributed by atoms with Gasteiger partial charge >= 0.3 is 0 Å². The van der Waals surface area contributed by atoms with E-state index in [2.05, 4.69) is 44.8 Å². The van der Waals surface area contributed by atoms with Crippen LogP contribution in [0.15, 0.2) is 41.4 Å². The molecule has 0 unspecified atom stereocenters. The molecule has 4 rings (SSSR count). The predicted octanol–water partition coefficient (Wildman–Crippen LogP) is 5.06. The number of carbonyl (C=O) groups excluding carboxylic acids is 2. The number of piperidine rings is 2. The van der Waals surface area contributed by atoms with E-state index < -0.39 is 0 Å². The van der Waals surface area contributed by atoms with Gasteiger partial charge in [-0.15, -0.1) is 11.8 Å². The van der Waals surface area contributed by atoms with Gasteiger partial charge in [0.05, 0.1) is 5.69 Å². The van der Waals surface area contributed by atoms with Crippen LogP contribution in [0.2, 0.25) is 5.02 Å². The Labute approximate surface area is 230 Å². The van der Waals surface area contributed by atoms with Gasteiger partial charge in [0.1, 0.15) is 6.29 Å². The van der Waals surface area contributed by atoms with Gasteiger partial charge in [-0.25, -0.2) is 4.98 Å². The summed E-state index contributed by atoms with van der Waals surface area (Å²) in [6.07, 6.45) is 9.96. The second-order valence-corrected chi connectivity index (χ2v) is 11.2. The SMILES string of the molecule is CNc1cc(SC)cnc1N1CCC(CC(=O)NCC2CCN(C)CC2)CC1.O=Cc1cccc(Cl)c1. The Kier molecular flexibility index (Phi) is 12.0. The molecule has 0 radical (unpaired) electrons. The maximum Gasteiger partial charge on any atom is 0.220 e. The van der Waals surface area contributed by atoms with Crippen molar-refractivity contribution in [1.29, 1.82) is 0 Å². The Balaban J connectivity index is 0.000000356. The highest BCUT2D eigenvalue weighted by Gasteiger charge is 2.24. The summed E-state index contributed by atoms with van der Waals surface area (Å²) in [5.74, 6) is 2.40. The van der Waals surface area contributed by atoms with E-state index in [0.717, 1.165) is 63.4 Å². The maximum atomic E-state index is 12.4. The highest BCUT2D eigenvalue weighted by molar-refractivity contribution is 7.98. The van der Waals surface area contributed by atoms with Crippen molar-refractivity contribution >= 4 is 47.1 Å². The van der Waals surface area contributed by atoms with Gasteiger partial charge < -0.3 is 20.4 Å². The van der Waals surface area contributed by atoms with E-state index in [4.69, 9.17) is 11.6 Å². The average molecular weight is 546 g/mol. The fourth-order valence-corrected chi connectivity index (χ4v) is 5.37. The van der Waals surface area contributed by atoms with Crippen molar-refractivity contribution in [1.82, 2.24) is 15.2 Å². The van der Waals surface area contributed by atoms with Gasteiger partial charge in [-0.05, 0) is 82.1 Å². The lowest BCUT2D eigenvalue weighted by Gasteiger charge is -2.34. The summed E-state index contributed by atoms with van der Waals surface area (Å²) in [7, 11) is 4.12. The first kappa shape index (κ1) is 29.3. The zero-order chi connectivity index (χ0) is 26.6. The number of halogens is 1. The van der Waals surface area contributed by atoms with E-state index in [-0.39, 0.29) is 5.91 Å². The molecule has 0 saturated carbocycles. The fraction of sp³-hybridized carbons (Fsp3) is 0.536. The van der Waals surface area contributed by atoms with Gasteiger partial charge in [0, 0.05) is 54.8 Å². The number of anilines is 2. The van der Waals surface area contributed by atoms with Crippen molar-refractivity contribution in [2.45, 2.75) is 37.0 Å². The Morgan fingerprint density at radius 3 is 2.43 bits per heavy atom. The number of benzene rings is 1. The summed E-state index contributed by atoms with van der Waals surface area (Å²) in [6, 6.07) is 8.96. The first-order chi connectivity index (χ1) is 17.9. The highest BCUT2D eigenvalue weighted by atomic mass is 35.5. The molecule has 2 aliphatic heterocycles. The molecule has 37 heavy (non-hydrogen) atoms. The summed E-state index contributed by atoms with van der Waals surface area (Å²) in [5, 5.41) is 7.07. The molecule has 2 saturated heterocycles. The van der Waals surface area contributed by atoms with Gasteiger partial charge in [-0.3, -0.25) is 9.59 Å². The van der Waals surface area contributed by atoms with Crippen molar-refractivity contribution < 1.29 is 9.59 Å². The number of amides is 1. The largest absolute Gasteiger partial charge is 0.385 e. The topological polar surface area (TPSA) is 77.6 Å². The van der Waals surface area contributed by atoms with Crippen LogP contribution >= 0.6 is 23.4 Å². The van der Waals surface area contributed by atoms with Crippen molar-refractivity contribution in [3.8, 4) is 0 Å². The molecule has 2 fully saturated rings. The van der Waals surface area contributed by atoms with Gasteiger partial charge in [0.25, 0.3) is 0 Å². The first-order valence-corrected chi connectivity index (χ1v) is 14.6. The van der Waals surface area contributed by atoms with Crippen molar-refractivity contribution in [2.24, 2.45) is 11.8 Å².